The van der Waals surface area contributed by atoms with Gasteiger partial charge < -0.3 is 14.9 Å². The van der Waals surface area contributed by atoms with Gasteiger partial charge in [-0.15, -0.1) is 0 Å². The van der Waals surface area contributed by atoms with Crippen molar-refractivity contribution < 1.29 is 32.7 Å². The Hall–Kier alpha value is -3.57. The van der Waals surface area contributed by atoms with Gasteiger partial charge in [0.15, 0.2) is 0 Å². The minimum Gasteiger partial charge on any atom is -0.475 e. The van der Waals surface area contributed by atoms with E-state index in [-0.39, 0.29) is 17.2 Å². The summed E-state index contributed by atoms with van der Waals surface area (Å²) in [5.41, 5.74) is 1.30. The molecule has 0 bridgehead atoms. The SMILES string of the molecule is O=C(O)C(F)(F)F.O=C(c1cccnc1)N1CCC2(CC1)CCN(C(=O)c1cnccn1)CC2. The summed E-state index contributed by atoms with van der Waals surface area (Å²) >= 11 is 0. The molecule has 2 saturated heterocycles. The second kappa shape index (κ2) is 10.6. The minimum absolute atomic E-state index is 0.0397. The van der Waals surface area contributed by atoms with E-state index in [2.05, 4.69) is 15.0 Å². The molecule has 1 spiro atoms. The summed E-state index contributed by atoms with van der Waals surface area (Å²) in [7, 11) is 0. The number of alkyl halides is 3. The number of amides is 2. The van der Waals surface area contributed by atoms with E-state index in [0.717, 1.165) is 51.9 Å². The van der Waals surface area contributed by atoms with Crippen LogP contribution in [0.3, 0.4) is 0 Å². The third-order valence-corrected chi connectivity index (χ3v) is 6.16. The van der Waals surface area contributed by atoms with Crippen molar-refractivity contribution in [3.05, 3.63) is 54.4 Å². The molecule has 12 heteroatoms. The van der Waals surface area contributed by atoms with Gasteiger partial charge in [0.2, 0.25) is 0 Å². The Kier molecular flexibility index (Phi) is 7.79. The highest BCUT2D eigenvalue weighted by atomic mass is 19.4. The van der Waals surface area contributed by atoms with E-state index in [1.807, 2.05) is 15.9 Å². The standard InChI is InChI=1S/C20H23N5O2.C2HF3O2/c26-18(16-2-1-7-21-14-16)24-10-3-20(4-11-24)5-12-25(13-6-20)19(27)17-15-22-8-9-23-17;3-2(4,5)1(6)7/h1-2,7-9,14-15H,3-6,10-13H2;(H,6,7). The quantitative estimate of drug-likeness (QED) is 0.704. The van der Waals surface area contributed by atoms with Gasteiger partial charge in [-0.05, 0) is 43.2 Å². The number of piperidine rings is 2. The van der Waals surface area contributed by atoms with Crippen LogP contribution in [-0.2, 0) is 4.79 Å². The largest absolute Gasteiger partial charge is 0.490 e. The molecule has 182 valence electrons. The van der Waals surface area contributed by atoms with E-state index < -0.39 is 12.1 Å². The summed E-state index contributed by atoms with van der Waals surface area (Å²) in [5.74, 6) is -2.73. The number of carboxylic acids is 1. The molecular weight excluding hydrogens is 455 g/mol. The molecule has 2 aromatic rings. The van der Waals surface area contributed by atoms with Crippen molar-refractivity contribution in [2.75, 3.05) is 26.2 Å². The van der Waals surface area contributed by atoms with Gasteiger partial charge >= 0.3 is 12.1 Å². The lowest BCUT2D eigenvalue weighted by Crippen LogP contribution is -2.49. The fourth-order valence-electron chi connectivity index (χ4n) is 4.11. The van der Waals surface area contributed by atoms with Gasteiger partial charge in [-0.3, -0.25) is 19.6 Å². The van der Waals surface area contributed by atoms with Crippen molar-refractivity contribution in [1.29, 1.82) is 0 Å². The number of aliphatic carboxylic acids is 1. The van der Waals surface area contributed by atoms with Gasteiger partial charge in [0.1, 0.15) is 5.69 Å². The highest BCUT2D eigenvalue weighted by Gasteiger charge is 2.40. The molecule has 0 unspecified atom stereocenters. The first-order valence-corrected chi connectivity index (χ1v) is 10.7. The molecule has 0 saturated carbocycles. The Balaban J connectivity index is 0.000000406. The molecule has 4 rings (SSSR count). The van der Waals surface area contributed by atoms with E-state index in [1.54, 1.807) is 30.9 Å². The summed E-state index contributed by atoms with van der Waals surface area (Å²) in [4.78, 5) is 50.0. The first-order chi connectivity index (χ1) is 16.1. The minimum atomic E-state index is -5.08. The van der Waals surface area contributed by atoms with Gasteiger partial charge in [0.25, 0.3) is 11.8 Å². The maximum Gasteiger partial charge on any atom is 0.490 e. The van der Waals surface area contributed by atoms with Gasteiger partial charge in [0.05, 0.1) is 11.8 Å². The summed E-state index contributed by atoms with van der Waals surface area (Å²) in [6.07, 6.45) is 6.81. The van der Waals surface area contributed by atoms with Crippen LogP contribution in [0.4, 0.5) is 13.2 Å². The number of pyridine rings is 1. The van der Waals surface area contributed by atoms with Crippen LogP contribution < -0.4 is 0 Å². The maximum absolute atomic E-state index is 12.6. The number of carbonyl (C=O) groups is 3. The third kappa shape index (κ3) is 6.27. The van der Waals surface area contributed by atoms with E-state index in [4.69, 9.17) is 9.90 Å². The van der Waals surface area contributed by atoms with Gasteiger partial charge in [-0.1, -0.05) is 0 Å². The average Bonchev–Trinajstić information content (AvgIpc) is 2.85. The molecule has 0 radical (unpaired) electrons. The zero-order valence-electron chi connectivity index (χ0n) is 18.2. The number of halogens is 3. The Morgan fingerprint density at radius 1 is 0.853 bits per heavy atom. The number of nitrogens with zero attached hydrogens (tertiary/aromatic N) is 5. The van der Waals surface area contributed by atoms with Gasteiger partial charge in [-0.25, -0.2) is 9.78 Å². The Morgan fingerprint density at radius 3 is 1.82 bits per heavy atom. The Bertz CT molecular complexity index is 916. The maximum atomic E-state index is 12.6. The number of aromatic nitrogens is 3. The van der Waals surface area contributed by atoms with E-state index in [9.17, 15) is 22.8 Å². The van der Waals surface area contributed by atoms with Crippen LogP contribution in [0.5, 0.6) is 0 Å². The first-order valence-electron chi connectivity index (χ1n) is 10.7. The number of carbonyl (C=O) groups excluding carboxylic acids is 2. The normalized spacial score (nSPS) is 17.5. The zero-order chi connectivity index (χ0) is 24.8. The van der Waals surface area contributed by atoms with Crippen LogP contribution in [0, 0.1) is 5.41 Å². The zero-order valence-corrected chi connectivity index (χ0v) is 18.2. The molecule has 1 N–H and O–H groups in total. The molecule has 34 heavy (non-hydrogen) atoms. The van der Waals surface area contributed by atoms with E-state index >= 15 is 0 Å². The van der Waals surface area contributed by atoms with Crippen LogP contribution in [0.2, 0.25) is 0 Å². The van der Waals surface area contributed by atoms with Crippen molar-refractivity contribution in [2.45, 2.75) is 31.9 Å². The van der Waals surface area contributed by atoms with Crippen LogP contribution in [-0.4, -0.2) is 80.0 Å². The predicted molar refractivity (Wildman–Crippen MR) is 113 cm³/mol. The summed E-state index contributed by atoms with van der Waals surface area (Å²) < 4.78 is 31.7. The van der Waals surface area contributed by atoms with Gasteiger partial charge in [0, 0.05) is 51.0 Å². The Labute approximate surface area is 193 Å². The third-order valence-electron chi connectivity index (χ3n) is 6.16. The molecule has 0 atom stereocenters. The second-order valence-electron chi connectivity index (χ2n) is 8.22. The molecule has 9 nitrogen and oxygen atoms in total. The highest BCUT2D eigenvalue weighted by Crippen LogP contribution is 2.41. The number of rotatable bonds is 2. The lowest BCUT2D eigenvalue weighted by atomic mass is 9.71. The number of likely N-dealkylation sites (tertiary alicyclic amines) is 2. The molecule has 0 aliphatic carbocycles. The molecule has 0 aromatic carbocycles. The fraction of sp³-hybridized carbons (Fsp3) is 0.455. The van der Waals surface area contributed by atoms with Crippen molar-refractivity contribution in [2.24, 2.45) is 5.41 Å². The smallest absolute Gasteiger partial charge is 0.475 e. The number of carboxylic acid groups (broad SMARTS) is 1. The molecule has 2 fully saturated rings. The molecule has 2 aromatic heterocycles. The van der Waals surface area contributed by atoms with Crippen LogP contribution in [0.15, 0.2) is 43.1 Å². The summed E-state index contributed by atoms with van der Waals surface area (Å²) in [6, 6.07) is 3.61. The highest BCUT2D eigenvalue weighted by molar-refractivity contribution is 5.94. The first kappa shape index (κ1) is 25.1. The van der Waals surface area contributed by atoms with Crippen molar-refractivity contribution >= 4 is 17.8 Å². The van der Waals surface area contributed by atoms with Crippen LogP contribution in [0.25, 0.3) is 0 Å². The van der Waals surface area contributed by atoms with Gasteiger partial charge in [-0.2, -0.15) is 13.2 Å². The lowest BCUT2D eigenvalue weighted by Gasteiger charge is -2.46. The topological polar surface area (TPSA) is 117 Å². The molecule has 2 aliphatic rings. The molecule has 2 aliphatic heterocycles. The van der Waals surface area contributed by atoms with Crippen molar-refractivity contribution in [3.8, 4) is 0 Å². The average molecular weight is 479 g/mol. The van der Waals surface area contributed by atoms with Crippen LogP contribution >= 0.6 is 0 Å². The van der Waals surface area contributed by atoms with E-state index in [0.29, 0.717) is 11.3 Å². The van der Waals surface area contributed by atoms with Crippen molar-refractivity contribution in [3.63, 3.8) is 0 Å². The predicted octanol–water partition coefficient (Wildman–Crippen LogP) is 2.66. The van der Waals surface area contributed by atoms with E-state index in [1.165, 1.54) is 6.20 Å². The van der Waals surface area contributed by atoms with Crippen LogP contribution in [0.1, 0.15) is 46.5 Å². The molecule has 2 amide bonds. The Morgan fingerprint density at radius 2 is 1.38 bits per heavy atom. The summed E-state index contributed by atoms with van der Waals surface area (Å²) in [6.45, 7) is 3.02. The summed E-state index contributed by atoms with van der Waals surface area (Å²) in [5, 5.41) is 7.12. The number of hydrogen-bond acceptors (Lipinski definition) is 6. The number of hydrogen-bond donors (Lipinski definition) is 1. The van der Waals surface area contributed by atoms with Crippen molar-refractivity contribution in [1.82, 2.24) is 24.8 Å². The lowest BCUT2D eigenvalue weighted by molar-refractivity contribution is -0.192. The second-order valence-corrected chi connectivity index (χ2v) is 8.22. The fourth-order valence-corrected chi connectivity index (χ4v) is 4.11. The molecule has 4 heterocycles. The molecular formula is C22H24F3N5O4. The monoisotopic (exact) mass is 479 g/mol.